The van der Waals surface area contributed by atoms with Gasteiger partial charge in [-0.05, 0) is 85.9 Å². The Morgan fingerprint density at radius 1 is 0.897 bits per heavy atom. The zero-order chi connectivity index (χ0) is 27.0. The molecular weight excluding hydrogens is 484 g/mol. The van der Waals surface area contributed by atoms with Crippen molar-refractivity contribution < 1.29 is 9.53 Å². The largest absolute Gasteiger partial charge is 0.490 e. The first kappa shape index (κ1) is 26.5. The molecule has 2 heterocycles. The monoisotopic (exact) mass is 518 g/mol. The second kappa shape index (κ2) is 12.6. The van der Waals surface area contributed by atoms with Crippen molar-refractivity contribution in [1.29, 1.82) is 5.26 Å². The van der Waals surface area contributed by atoms with Gasteiger partial charge in [0.1, 0.15) is 11.9 Å². The van der Waals surface area contributed by atoms with Gasteiger partial charge in [-0.25, -0.2) is 4.85 Å². The molecule has 0 aromatic heterocycles. The Morgan fingerprint density at radius 3 is 2.18 bits per heavy atom. The molecule has 0 unspecified atom stereocenters. The minimum Gasteiger partial charge on any atom is -0.490 e. The van der Waals surface area contributed by atoms with E-state index in [4.69, 9.17) is 16.6 Å². The third kappa shape index (κ3) is 7.05. The van der Waals surface area contributed by atoms with Crippen LogP contribution in [0.15, 0.2) is 72.8 Å². The average molecular weight is 519 g/mol. The molecule has 2 fully saturated rings. The smallest absolute Gasteiger partial charge is 0.187 e. The number of likely N-dealkylation sites (tertiary alicyclic amines) is 1. The molecule has 5 rings (SSSR count). The van der Waals surface area contributed by atoms with Crippen molar-refractivity contribution in [3.8, 4) is 11.8 Å². The van der Waals surface area contributed by atoms with Crippen molar-refractivity contribution in [2.24, 2.45) is 5.92 Å². The van der Waals surface area contributed by atoms with Gasteiger partial charge in [0.05, 0.1) is 18.2 Å². The molecule has 0 spiro atoms. The Bertz CT molecular complexity index is 1320. The van der Waals surface area contributed by atoms with Gasteiger partial charge in [-0.2, -0.15) is 5.26 Å². The Hall–Kier alpha value is -4.13. The highest BCUT2D eigenvalue weighted by atomic mass is 16.5. The maximum absolute atomic E-state index is 13.0. The third-order valence-corrected chi connectivity index (χ3v) is 7.94. The van der Waals surface area contributed by atoms with Crippen molar-refractivity contribution in [1.82, 2.24) is 4.90 Å². The molecule has 2 aliphatic heterocycles. The molecular formula is C33H34N4O2. The Labute approximate surface area is 231 Å². The van der Waals surface area contributed by atoms with E-state index in [1.54, 1.807) is 12.1 Å². The summed E-state index contributed by atoms with van der Waals surface area (Å²) in [6.07, 6.45) is 4.76. The predicted molar refractivity (Wildman–Crippen MR) is 153 cm³/mol. The molecule has 0 radical (unpaired) electrons. The van der Waals surface area contributed by atoms with Crippen LogP contribution in [0.25, 0.3) is 4.85 Å². The third-order valence-electron chi connectivity index (χ3n) is 7.94. The number of rotatable bonds is 8. The van der Waals surface area contributed by atoms with Gasteiger partial charge >= 0.3 is 0 Å². The number of anilines is 1. The van der Waals surface area contributed by atoms with E-state index < -0.39 is 0 Å². The van der Waals surface area contributed by atoms with Gasteiger partial charge in [0.2, 0.25) is 0 Å². The molecule has 3 aromatic carbocycles. The summed E-state index contributed by atoms with van der Waals surface area (Å²) in [6, 6.07) is 25.5. The fourth-order valence-corrected chi connectivity index (χ4v) is 5.55. The number of nitriles is 1. The molecule has 2 saturated heterocycles. The second-order valence-corrected chi connectivity index (χ2v) is 10.6. The molecule has 6 nitrogen and oxygen atoms in total. The van der Waals surface area contributed by atoms with Gasteiger partial charge in [0, 0.05) is 50.1 Å². The molecule has 0 bridgehead atoms. The van der Waals surface area contributed by atoms with Crippen LogP contribution in [0.1, 0.15) is 53.6 Å². The van der Waals surface area contributed by atoms with Gasteiger partial charge in [0.25, 0.3) is 0 Å². The first-order valence-corrected chi connectivity index (χ1v) is 13.8. The molecule has 0 aliphatic carbocycles. The van der Waals surface area contributed by atoms with E-state index in [2.05, 4.69) is 32.8 Å². The average Bonchev–Trinajstić information content (AvgIpc) is 2.99. The van der Waals surface area contributed by atoms with Gasteiger partial charge in [-0.1, -0.05) is 24.3 Å². The lowest BCUT2D eigenvalue weighted by molar-refractivity contribution is 0.0925. The van der Waals surface area contributed by atoms with Crippen LogP contribution in [-0.4, -0.2) is 43.0 Å². The number of nitrogens with zero attached hydrogens (tertiary/aromatic N) is 4. The summed E-state index contributed by atoms with van der Waals surface area (Å²) >= 11 is 0. The molecule has 0 atom stereocenters. The van der Waals surface area contributed by atoms with Gasteiger partial charge in [-0.15, -0.1) is 0 Å². The van der Waals surface area contributed by atoms with Crippen LogP contribution >= 0.6 is 0 Å². The lowest BCUT2D eigenvalue weighted by Gasteiger charge is -2.34. The summed E-state index contributed by atoms with van der Waals surface area (Å²) in [6.45, 7) is 11.8. The first-order chi connectivity index (χ1) is 19.1. The SMILES string of the molecule is [C-]#[N+]c1ccc(OC2CCN(c3ccc(C(=O)CC4CCN(Cc5ccc(C#N)cc5)CC4)cc3)CC2)cc1. The predicted octanol–water partition coefficient (Wildman–Crippen LogP) is 6.64. The van der Waals surface area contributed by atoms with Gasteiger partial charge in [0.15, 0.2) is 11.5 Å². The van der Waals surface area contributed by atoms with Crippen LogP contribution in [0.4, 0.5) is 11.4 Å². The number of carbonyl (C=O) groups is 1. The Kier molecular flexibility index (Phi) is 8.56. The van der Waals surface area contributed by atoms with Gasteiger partial charge in [-0.3, -0.25) is 9.69 Å². The van der Waals surface area contributed by atoms with Gasteiger partial charge < -0.3 is 9.64 Å². The van der Waals surface area contributed by atoms with E-state index in [0.29, 0.717) is 23.6 Å². The summed E-state index contributed by atoms with van der Waals surface area (Å²) < 4.78 is 6.12. The fourth-order valence-electron chi connectivity index (χ4n) is 5.55. The lowest BCUT2D eigenvalue weighted by Crippen LogP contribution is -2.38. The minimum absolute atomic E-state index is 0.177. The van der Waals surface area contributed by atoms with E-state index in [1.165, 1.54) is 5.56 Å². The van der Waals surface area contributed by atoms with E-state index in [9.17, 15) is 4.79 Å². The van der Waals surface area contributed by atoms with Crippen LogP contribution in [0.3, 0.4) is 0 Å². The zero-order valence-electron chi connectivity index (χ0n) is 22.3. The molecule has 0 amide bonds. The maximum atomic E-state index is 13.0. The van der Waals surface area contributed by atoms with Crippen molar-refractivity contribution in [3.05, 3.63) is 101 Å². The number of Topliss-reactive ketones (excluding diaryl/α,β-unsaturated/α-hetero) is 1. The van der Waals surface area contributed by atoms with Crippen molar-refractivity contribution in [2.45, 2.75) is 44.8 Å². The Balaban J connectivity index is 1.05. The fraction of sp³-hybridized carbons (Fsp3) is 0.364. The van der Waals surface area contributed by atoms with Crippen LogP contribution in [0.2, 0.25) is 0 Å². The number of benzene rings is 3. The van der Waals surface area contributed by atoms with Crippen molar-refractivity contribution >= 4 is 17.2 Å². The first-order valence-electron chi connectivity index (χ1n) is 13.8. The molecule has 3 aromatic rings. The van der Waals surface area contributed by atoms with Crippen LogP contribution < -0.4 is 9.64 Å². The summed E-state index contributed by atoms with van der Waals surface area (Å²) in [5.41, 5.74) is 4.51. The van der Waals surface area contributed by atoms with Crippen molar-refractivity contribution in [2.75, 3.05) is 31.1 Å². The maximum Gasteiger partial charge on any atom is 0.187 e. The summed E-state index contributed by atoms with van der Waals surface area (Å²) in [5, 5.41) is 8.97. The highest BCUT2D eigenvalue weighted by Gasteiger charge is 2.23. The number of hydrogen-bond acceptors (Lipinski definition) is 5. The zero-order valence-corrected chi connectivity index (χ0v) is 22.3. The van der Waals surface area contributed by atoms with E-state index in [1.807, 2.05) is 48.5 Å². The quantitative estimate of drug-likeness (QED) is 0.247. The van der Waals surface area contributed by atoms with Crippen LogP contribution in [0.5, 0.6) is 5.75 Å². The van der Waals surface area contributed by atoms with E-state index in [-0.39, 0.29) is 11.9 Å². The molecule has 2 aliphatic rings. The Morgan fingerprint density at radius 2 is 1.56 bits per heavy atom. The number of ether oxygens (including phenoxy) is 1. The lowest BCUT2D eigenvalue weighted by atomic mass is 9.89. The molecule has 0 N–H and O–H groups in total. The standard InChI is InChI=1S/C33H34N4O2/c1-35-29-8-12-31(13-9-29)39-32-16-20-37(21-17-32)30-10-6-28(7-11-30)33(38)22-25-14-18-36(19-15-25)24-27-4-2-26(23-34)3-5-27/h2-13,25,32H,14-22,24H2. The number of ketones is 1. The summed E-state index contributed by atoms with van der Waals surface area (Å²) in [4.78, 5) is 21.2. The normalized spacial score (nSPS) is 16.8. The van der Waals surface area contributed by atoms with E-state index in [0.717, 1.165) is 75.4 Å². The van der Waals surface area contributed by atoms with Crippen LogP contribution in [-0.2, 0) is 6.54 Å². The molecule has 0 saturated carbocycles. The topological polar surface area (TPSA) is 60.9 Å². The number of piperidine rings is 2. The number of hydrogen-bond donors (Lipinski definition) is 0. The summed E-state index contributed by atoms with van der Waals surface area (Å²) in [7, 11) is 0. The highest BCUT2D eigenvalue weighted by molar-refractivity contribution is 5.96. The molecule has 39 heavy (non-hydrogen) atoms. The number of carbonyl (C=O) groups excluding carboxylic acids is 1. The minimum atomic E-state index is 0.177. The molecule has 6 heteroatoms. The molecule has 198 valence electrons. The highest BCUT2D eigenvalue weighted by Crippen LogP contribution is 2.27. The van der Waals surface area contributed by atoms with Crippen molar-refractivity contribution in [3.63, 3.8) is 0 Å². The van der Waals surface area contributed by atoms with Crippen LogP contribution in [0, 0.1) is 23.8 Å². The summed E-state index contributed by atoms with van der Waals surface area (Å²) in [5.74, 6) is 1.50. The van der Waals surface area contributed by atoms with E-state index >= 15 is 0 Å². The second-order valence-electron chi connectivity index (χ2n) is 10.6.